The van der Waals surface area contributed by atoms with Crippen molar-refractivity contribution in [2.45, 2.75) is 44.8 Å². The number of rotatable bonds is 6. The van der Waals surface area contributed by atoms with E-state index in [1.54, 1.807) is 13.1 Å². The Bertz CT molecular complexity index is 1230. The number of nitrogens with two attached hydrogens (primary N) is 1. The third-order valence-corrected chi connectivity index (χ3v) is 7.83. The number of aromatic nitrogens is 2. The Morgan fingerprint density at radius 2 is 2.00 bits per heavy atom. The van der Waals surface area contributed by atoms with Gasteiger partial charge in [-0.15, -0.1) is 0 Å². The van der Waals surface area contributed by atoms with Gasteiger partial charge in [0.15, 0.2) is 0 Å². The zero-order valence-corrected chi connectivity index (χ0v) is 19.1. The first kappa shape index (κ1) is 22.7. The molecule has 3 aromatic rings. The number of benzene rings is 1. The van der Waals surface area contributed by atoms with Gasteiger partial charge >= 0.3 is 0 Å². The van der Waals surface area contributed by atoms with Crippen LogP contribution in [0.5, 0.6) is 0 Å². The minimum atomic E-state index is -4.02. The Hall–Kier alpha value is -2.52. The summed E-state index contributed by atoms with van der Waals surface area (Å²) in [5.74, 6) is -0.887. The SMILES string of the molecule is CCC(c1ccc(F)c(Cc2c[nH]c3ncc(N4CCC(C)CC4)cc23)c1F)S(N)(=O)=O. The topological polar surface area (TPSA) is 92.1 Å². The number of hydrogen-bond acceptors (Lipinski definition) is 4. The van der Waals surface area contributed by atoms with Gasteiger partial charge in [0, 0.05) is 42.2 Å². The number of halogens is 2. The Labute approximate surface area is 186 Å². The Kier molecular flexibility index (Phi) is 6.22. The van der Waals surface area contributed by atoms with Gasteiger partial charge in [-0.3, -0.25) is 0 Å². The van der Waals surface area contributed by atoms with E-state index in [4.69, 9.17) is 5.14 Å². The van der Waals surface area contributed by atoms with Gasteiger partial charge in [0.25, 0.3) is 0 Å². The van der Waals surface area contributed by atoms with E-state index in [-0.39, 0.29) is 24.0 Å². The third kappa shape index (κ3) is 4.36. The van der Waals surface area contributed by atoms with Crippen LogP contribution >= 0.6 is 0 Å². The first-order chi connectivity index (χ1) is 15.2. The Morgan fingerprint density at radius 1 is 1.28 bits per heavy atom. The summed E-state index contributed by atoms with van der Waals surface area (Å²) in [6.45, 7) is 5.75. The number of piperidine rings is 1. The van der Waals surface area contributed by atoms with Crippen LogP contribution in [-0.4, -0.2) is 31.5 Å². The van der Waals surface area contributed by atoms with Crippen LogP contribution in [-0.2, 0) is 16.4 Å². The molecule has 1 aliphatic rings. The molecule has 0 aliphatic carbocycles. The van der Waals surface area contributed by atoms with Crippen LogP contribution in [0.25, 0.3) is 11.0 Å². The van der Waals surface area contributed by atoms with Crippen LogP contribution < -0.4 is 10.0 Å². The molecule has 9 heteroatoms. The molecular weight excluding hydrogens is 434 g/mol. The maximum absolute atomic E-state index is 15.3. The van der Waals surface area contributed by atoms with Crippen molar-refractivity contribution in [3.8, 4) is 0 Å². The van der Waals surface area contributed by atoms with Crippen molar-refractivity contribution < 1.29 is 17.2 Å². The zero-order valence-electron chi connectivity index (χ0n) is 18.2. The number of H-pyrrole nitrogens is 1. The first-order valence-electron chi connectivity index (χ1n) is 10.9. The van der Waals surface area contributed by atoms with Crippen molar-refractivity contribution in [3.05, 3.63) is 58.9 Å². The highest BCUT2D eigenvalue weighted by atomic mass is 32.2. The molecule has 1 aliphatic heterocycles. The lowest BCUT2D eigenvalue weighted by atomic mass is 9.98. The highest BCUT2D eigenvalue weighted by Gasteiger charge is 2.27. The molecule has 1 aromatic carbocycles. The van der Waals surface area contributed by atoms with Crippen LogP contribution in [0.3, 0.4) is 0 Å². The summed E-state index contributed by atoms with van der Waals surface area (Å²) < 4.78 is 53.8. The monoisotopic (exact) mass is 462 g/mol. The predicted molar refractivity (Wildman–Crippen MR) is 122 cm³/mol. The van der Waals surface area contributed by atoms with Crippen LogP contribution in [0.4, 0.5) is 14.5 Å². The lowest BCUT2D eigenvalue weighted by Gasteiger charge is -2.31. The van der Waals surface area contributed by atoms with E-state index >= 15 is 4.39 Å². The number of primary sulfonamides is 1. The van der Waals surface area contributed by atoms with Gasteiger partial charge in [0.1, 0.15) is 22.5 Å². The molecule has 1 atom stereocenters. The highest BCUT2D eigenvalue weighted by Crippen LogP contribution is 2.32. The smallest absolute Gasteiger partial charge is 0.216 e. The largest absolute Gasteiger partial charge is 0.370 e. The fourth-order valence-electron chi connectivity index (χ4n) is 4.48. The number of pyridine rings is 1. The second-order valence-electron chi connectivity index (χ2n) is 8.67. The van der Waals surface area contributed by atoms with E-state index in [1.165, 1.54) is 6.07 Å². The Balaban J connectivity index is 1.70. The van der Waals surface area contributed by atoms with Crippen molar-refractivity contribution >= 4 is 26.7 Å². The Morgan fingerprint density at radius 3 is 2.66 bits per heavy atom. The quantitative estimate of drug-likeness (QED) is 0.568. The molecule has 0 spiro atoms. The van der Waals surface area contributed by atoms with Gasteiger partial charge in [0.05, 0.1) is 11.9 Å². The van der Waals surface area contributed by atoms with Gasteiger partial charge in [-0.05, 0) is 42.9 Å². The van der Waals surface area contributed by atoms with E-state index in [0.717, 1.165) is 43.1 Å². The van der Waals surface area contributed by atoms with Crippen molar-refractivity contribution in [2.75, 3.05) is 18.0 Å². The summed E-state index contributed by atoms with van der Waals surface area (Å²) in [7, 11) is -4.02. The number of nitrogens with one attached hydrogen (secondary N) is 1. The van der Waals surface area contributed by atoms with Gasteiger partial charge in [-0.1, -0.05) is 19.9 Å². The molecule has 3 heterocycles. The van der Waals surface area contributed by atoms with Crippen LogP contribution in [0.2, 0.25) is 0 Å². The van der Waals surface area contributed by atoms with Crippen molar-refractivity contribution in [1.82, 2.24) is 9.97 Å². The molecule has 0 amide bonds. The average molecular weight is 463 g/mol. The molecular formula is C23H28F2N4O2S. The number of sulfonamides is 1. The molecule has 3 N–H and O–H groups in total. The third-order valence-electron chi connectivity index (χ3n) is 6.45. The number of anilines is 1. The molecule has 0 radical (unpaired) electrons. The van der Waals surface area contributed by atoms with Crippen LogP contribution in [0.1, 0.15) is 55.1 Å². The summed E-state index contributed by atoms with van der Waals surface area (Å²) in [5, 5.41) is 4.85. The van der Waals surface area contributed by atoms with Gasteiger partial charge in [0.2, 0.25) is 10.0 Å². The van der Waals surface area contributed by atoms with Gasteiger partial charge in [-0.2, -0.15) is 0 Å². The lowest BCUT2D eigenvalue weighted by molar-refractivity contribution is 0.438. The average Bonchev–Trinajstić information content (AvgIpc) is 3.15. The van der Waals surface area contributed by atoms with Crippen LogP contribution in [0, 0.1) is 17.6 Å². The second-order valence-corrected chi connectivity index (χ2v) is 10.4. The zero-order chi connectivity index (χ0) is 23.0. The number of nitrogens with zero attached hydrogens (tertiary/aromatic N) is 2. The van der Waals surface area contributed by atoms with E-state index in [0.29, 0.717) is 17.1 Å². The molecule has 32 heavy (non-hydrogen) atoms. The molecule has 0 saturated carbocycles. The van der Waals surface area contributed by atoms with Gasteiger partial charge in [-0.25, -0.2) is 27.3 Å². The van der Waals surface area contributed by atoms with Gasteiger partial charge < -0.3 is 9.88 Å². The van der Waals surface area contributed by atoms with E-state index in [9.17, 15) is 12.8 Å². The maximum Gasteiger partial charge on any atom is 0.216 e. The molecule has 0 bridgehead atoms. The van der Waals surface area contributed by atoms with Crippen molar-refractivity contribution in [1.29, 1.82) is 0 Å². The van der Waals surface area contributed by atoms with E-state index in [2.05, 4.69) is 21.8 Å². The second kappa shape index (κ2) is 8.78. The molecule has 172 valence electrons. The van der Waals surface area contributed by atoms with Crippen molar-refractivity contribution in [2.24, 2.45) is 11.1 Å². The summed E-state index contributed by atoms with van der Waals surface area (Å²) in [6.07, 6.45) is 5.80. The summed E-state index contributed by atoms with van der Waals surface area (Å²) in [5.41, 5.74) is 2.04. The standard InChI is InChI=1S/C23H28F2N4O2S/c1-3-21(32(26,30)31)17-4-5-20(24)19(22(17)25)10-15-12-27-23-18(15)11-16(13-28-23)29-8-6-14(2)7-9-29/h4-5,11-14,21H,3,6-10H2,1-2H3,(H,27,28)(H2,26,30,31). The molecule has 2 aromatic heterocycles. The van der Waals surface area contributed by atoms with E-state index in [1.807, 2.05) is 12.3 Å². The minimum absolute atomic E-state index is 0.0330. The molecule has 1 saturated heterocycles. The summed E-state index contributed by atoms with van der Waals surface area (Å²) in [4.78, 5) is 9.84. The number of hydrogen-bond donors (Lipinski definition) is 2. The van der Waals surface area contributed by atoms with E-state index < -0.39 is 26.9 Å². The molecule has 1 unspecified atom stereocenters. The van der Waals surface area contributed by atoms with Crippen LogP contribution in [0.15, 0.2) is 30.6 Å². The lowest BCUT2D eigenvalue weighted by Crippen LogP contribution is -2.32. The number of fused-ring (bicyclic) bond motifs is 1. The fraction of sp³-hybridized carbons (Fsp3) is 0.435. The summed E-state index contributed by atoms with van der Waals surface area (Å²) >= 11 is 0. The minimum Gasteiger partial charge on any atom is -0.370 e. The maximum atomic E-state index is 15.3. The molecule has 6 nitrogen and oxygen atoms in total. The highest BCUT2D eigenvalue weighted by molar-refractivity contribution is 7.89. The molecule has 4 rings (SSSR count). The fourth-order valence-corrected chi connectivity index (χ4v) is 5.48. The van der Waals surface area contributed by atoms with Crippen molar-refractivity contribution in [3.63, 3.8) is 0 Å². The summed E-state index contributed by atoms with van der Waals surface area (Å²) in [6, 6.07) is 4.27. The predicted octanol–water partition coefficient (Wildman–Crippen LogP) is 4.41. The normalized spacial score (nSPS) is 16.6. The molecule has 1 fully saturated rings. The number of aromatic amines is 1. The first-order valence-corrected chi connectivity index (χ1v) is 12.5.